The molecule has 0 N–H and O–H groups in total. The van der Waals surface area contributed by atoms with E-state index in [1.807, 2.05) is 19.1 Å². The van der Waals surface area contributed by atoms with E-state index in [1.165, 1.54) is 11.1 Å². The topological polar surface area (TPSA) is 0 Å². The fourth-order valence-electron chi connectivity index (χ4n) is 1.65. The standard InChI is InChI=1S/C14H13Cl/c1-11-9-13(7-8-14(11)15)10-12-5-3-2-4-6-12/h2-9H,10H2,1H3. The van der Waals surface area contributed by atoms with Gasteiger partial charge in [-0.1, -0.05) is 54.1 Å². The zero-order valence-corrected chi connectivity index (χ0v) is 9.46. The second-order valence-corrected chi connectivity index (χ2v) is 4.15. The van der Waals surface area contributed by atoms with Crippen LogP contribution < -0.4 is 0 Å². The summed E-state index contributed by atoms with van der Waals surface area (Å²) in [5.41, 5.74) is 3.78. The van der Waals surface area contributed by atoms with Crippen molar-refractivity contribution in [3.63, 3.8) is 0 Å². The molecule has 2 aromatic carbocycles. The molecule has 0 atom stereocenters. The molecule has 0 heterocycles. The Morgan fingerprint density at radius 1 is 0.933 bits per heavy atom. The SMILES string of the molecule is Cc1cc(Cc2ccccc2)ccc1Cl. The number of rotatable bonds is 2. The lowest BCUT2D eigenvalue weighted by molar-refractivity contribution is 1.18. The molecule has 0 unspecified atom stereocenters. The summed E-state index contributed by atoms with van der Waals surface area (Å²) < 4.78 is 0. The minimum Gasteiger partial charge on any atom is -0.0841 e. The van der Waals surface area contributed by atoms with Crippen molar-refractivity contribution >= 4 is 11.6 Å². The van der Waals surface area contributed by atoms with Crippen molar-refractivity contribution in [2.75, 3.05) is 0 Å². The molecule has 0 nitrogen and oxygen atoms in total. The maximum atomic E-state index is 5.98. The molecule has 0 saturated carbocycles. The van der Waals surface area contributed by atoms with Crippen LogP contribution in [0.5, 0.6) is 0 Å². The van der Waals surface area contributed by atoms with E-state index in [2.05, 4.69) is 36.4 Å². The van der Waals surface area contributed by atoms with Crippen LogP contribution in [0, 0.1) is 6.92 Å². The van der Waals surface area contributed by atoms with Crippen LogP contribution in [0.15, 0.2) is 48.5 Å². The Hall–Kier alpha value is -1.27. The molecule has 0 saturated heterocycles. The average molecular weight is 217 g/mol. The molecule has 2 rings (SSSR count). The molecule has 0 aliphatic carbocycles. The number of benzene rings is 2. The molecule has 0 aliphatic rings. The van der Waals surface area contributed by atoms with Gasteiger partial charge in [-0.15, -0.1) is 0 Å². The van der Waals surface area contributed by atoms with E-state index < -0.39 is 0 Å². The van der Waals surface area contributed by atoms with E-state index in [1.54, 1.807) is 0 Å². The lowest BCUT2D eigenvalue weighted by atomic mass is 10.0. The van der Waals surface area contributed by atoms with E-state index in [-0.39, 0.29) is 0 Å². The Morgan fingerprint density at radius 2 is 1.67 bits per heavy atom. The van der Waals surface area contributed by atoms with Gasteiger partial charge in [-0.2, -0.15) is 0 Å². The minimum absolute atomic E-state index is 0.840. The summed E-state index contributed by atoms with van der Waals surface area (Å²) in [5.74, 6) is 0. The van der Waals surface area contributed by atoms with Gasteiger partial charge in [-0.3, -0.25) is 0 Å². The van der Waals surface area contributed by atoms with Crippen LogP contribution in [0.3, 0.4) is 0 Å². The first-order valence-electron chi connectivity index (χ1n) is 5.04. The van der Waals surface area contributed by atoms with Gasteiger partial charge in [0.1, 0.15) is 0 Å². The van der Waals surface area contributed by atoms with Gasteiger partial charge in [-0.05, 0) is 36.1 Å². The van der Waals surface area contributed by atoms with Crippen molar-refractivity contribution in [3.8, 4) is 0 Å². The first-order valence-corrected chi connectivity index (χ1v) is 5.42. The van der Waals surface area contributed by atoms with Crippen molar-refractivity contribution < 1.29 is 0 Å². The molecule has 1 heteroatoms. The third-order valence-electron chi connectivity index (χ3n) is 2.47. The lowest BCUT2D eigenvalue weighted by Gasteiger charge is -2.04. The third-order valence-corrected chi connectivity index (χ3v) is 2.90. The zero-order valence-electron chi connectivity index (χ0n) is 8.70. The number of hydrogen-bond acceptors (Lipinski definition) is 0. The highest BCUT2D eigenvalue weighted by molar-refractivity contribution is 6.31. The van der Waals surface area contributed by atoms with Crippen molar-refractivity contribution in [2.24, 2.45) is 0 Å². The van der Waals surface area contributed by atoms with Crippen molar-refractivity contribution in [1.29, 1.82) is 0 Å². The molecule has 0 aromatic heterocycles. The molecule has 0 fully saturated rings. The summed E-state index contributed by atoms with van der Waals surface area (Å²) in [6, 6.07) is 16.7. The Labute approximate surface area is 95.5 Å². The largest absolute Gasteiger partial charge is 0.0841 e. The van der Waals surface area contributed by atoms with Crippen LogP contribution in [0.2, 0.25) is 5.02 Å². The van der Waals surface area contributed by atoms with Crippen LogP contribution >= 0.6 is 11.6 Å². The first kappa shape index (κ1) is 10.3. The summed E-state index contributed by atoms with van der Waals surface area (Å²) in [6.07, 6.45) is 0.971. The van der Waals surface area contributed by atoms with Crippen LogP contribution in [0.25, 0.3) is 0 Å². The van der Waals surface area contributed by atoms with Gasteiger partial charge in [0, 0.05) is 5.02 Å². The quantitative estimate of drug-likeness (QED) is 0.705. The summed E-state index contributed by atoms with van der Waals surface area (Å²) >= 11 is 5.98. The van der Waals surface area contributed by atoms with Gasteiger partial charge >= 0.3 is 0 Å². The lowest BCUT2D eigenvalue weighted by Crippen LogP contribution is -1.88. The summed E-state index contributed by atoms with van der Waals surface area (Å²) in [7, 11) is 0. The second kappa shape index (κ2) is 4.50. The third kappa shape index (κ3) is 2.60. The van der Waals surface area contributed by atoms with Gasteiger partial charge in [0.05, 0.1) is 0 Å². The molecule has 2 aromatic rings. The Balaban J connectivity index is 2.22. The monoisotopic (exact) mass is 216 g/mol. The van der Waals surface area contributed by atoms with Gasteiger partial charge in [-0.25, -0.2) is 0 Å². The molecule has 0 aliphatic heterocycles. The highest BCUT2D eigenvalue weighted by Gasteiger charge is 1.98. The number of aryl methyl sites for hydroxylation is 1. The average Bonchev–Trinajstić information content (AvgIpc) is 2.25. The normalized spacial score (nSPS) is 10.3. The molecule has 0 bridgehead atoms. The van der Waals surface area contributed by atoms with E-state index in [9.17, 15) is 0 Å². The van der Waals surface area contributed by atoms with Crippen LogP contribution in [0.1, 0.15) is 16.7 Å². The van der Waals surface area contributed by atoms with Crippen molar-refractivity contribution in [3.05, 3.63) is 70.2 Å². The van der Waals surface area contributed by atoms with Crippen LogP contribution in [-0.4, -0.2) is 0 Å². The molecule has 15 heavy (non-hydrogen) atoms. The predicted octanol–water partition coefficient (Wildman–Crippen LogP) is 4.24. The van der Waals surface area contributed by atoms with Gasteiger partial charge < -0.3 is 0 Å². The summed E-state index contributed by atoms with van der Waals surface area (Å²) in [5, 5.41) is 0.840. The smallest absolute Gasteiger partial charge is 0.0435 e. The van der Waals surface area contributed by atoms with Crippen LogP contribution in [-0.2, 0) is 6.42 Å². The summed E-state index contributed by atoms with van der Waals surface area (Å²) in [4.78, 5) is 0. The highest BCUT2D eigenvalue weighted by Crippen LogP contribution is 2.18. The van der Waals surface area contributed by atoms with Gasteiger partial charge in [0.15, 0.2) is 0 Å². The zero-order chi connectivity index (χ0) is 10.7. The van der Waals surface area contributed by atoms with E-state index in [0.717, 1.165) is 17.0 Å². The van der Waals surface area contributed by atoms with Crippen molar-refractivity contribution in [2.45, 2.75) is 13.3 Å². The maximum absolute atomic E-state index is 5.98. The van der Waals surface area contributed by atoms with E-state index >= 15 is 0 Å². The minimum atomic E-state index is 0.840. The fraction of sp³-hybridized carbons (Fsp3) is 0.143. The van der Waals surface area contributed by atoms with Crippen molar-refractivity contribution in [1.82, 2.24) is 0 Å². The van der Waals surface area contributed by atoms with Gasteiger partial charge in [0.2, 0.25) is 0 Å². The number of halogens is 1. The maximum Gasteiger partial charge on any atom is 0.0435 e. The molecule has 0 radical (unpaired) electrons. The summed E-state index contributed by atoms with van der Waals surface area (Å²) in [6.45, 7) is 2.04. The second-order valence-electron chi connectivity index (χ2n) is 3.75. The molecule has 0 amide bonds. The highest BCUT2D eigenvalue weighted by atomic mass is 35.5. The van der Waals surface area contributed by atoms with E-state index in [4.69, 9.17) is 11.6 Å². The Bertz CT molecular complexity index is 446. The number of hydrogen-bond donors (Lipinski definition) is 0. The Morgan fingerprint density at radius 3 is 2.33 bits per heavy atom. The molecule has 76 valence electrons. The Kier molecular flexibility index (Phi) is 3.08. The predicted molar refractivity (Wildman–Crippen MR) is 65.4 cm³/mol. The fourth-order valence-corrected chi connectivity index (χ4v) is 1.77. The molecular weight excluding hydrogens is 204 g/mol. The van der Waals surface area contributed by atoms with E-state index in [0.29, 0.717) is 0 Å². The molecule has 0 spiro atoms. The van der Waals surface area contributed by atoms with Gasteiger partial charge in [0.25, 0.3) is 0 Å². The molecular formula is C14H13Cl. The first-order chi connectivity index (χ1) is 7.25. The van der Waals surface area contributed by atoms with Crippen LogP contribution in [0.4, 0.5) is 0 Å².